The summed E-state index contributed by atoms with van der Waals surface area (Å²) >= 11 is 0. The molecule has 0 saturated heterocycles. The minimum Gasteiger partial charge on any atom is -0.508 e. The summed E-state index contributed by atoms with van der Waals surface area (Å²) in [7, 11) is 1.55. The number of benzene rings is 3. The number of aromatic hydroxyl groups is 1. The second-order valence-electron chi connectivity index (χ2n) is 6.50. The van der Waals surface area contributed by atoms with Crippen molar-refractivity contribution in [3.05, 3.63) is 83.4 Å². The molecule has 0 unspecified atom stereocenters. The van der Waals surface area contributed by atoms with Crippen LogP contribution in [0.2, 0.25) is 0 Å². The molecule has 0 heterocycles. The SMILES string of the molecule is CCOc1cc(/C=N\NC(=O)c2ccc(O)cc2)ccc1OC(=O)c1ccc(OC)cc1. The predicted molar refractivity (Wildman–Crippen MR) is 119 cm³/mol. The molecule has 164 valence electrons. The van der Waals surface area contributed by atoms with Gasteiger partial charge in [-0.05, 0) is 79.2 Å². The molecule has 0 fully saturated rings. The Kier molecular flexibility index (Phi) is 7.42. The van der Waals surface area contributed by atoms with Crippen LogP contribution >= 0.6 is 0 Å². The topological polar surface area (TPSA) is 106 Å². The van der Waals surface area contributed by atoms with Crippen molar-refractivity contribution >= 4 is 18.1 Å². The van der Waals surface area contributed by atoms with Gasteiger partial charge in [0.05, 0.1) is 25.5 Å². The summed E-state index contributed by atoms with van der Waals surface area (Å²) in [5.41, 5.74) is 3.77. The van der Waals surface area contributed by atoms with Crippen LogP contribution in [-0.4, -0.2) is 36.9 Å². The summed E-state index contributed by atoms with van der Waals surface area (Å²) in [6.45, 7) is 2.18. The largest absolute Gasteiger partial charge is 0.508 e. The maximum atomic E-state index is 12.4. The number of hydrazone groups is 1. The van der Waals surface area contributed by atoms with Crippen molar-refractivity contribution in [2.75, 3.05) is 13.7 Å². The van der Waals surface area contributed by atoms with E-state index < -0.39 is 11.9 Å². The number of ether oxygens (including phenoxy) is 3. The Labute approximate surface area is 185 Å². The van der Waals surface area contributed by atoms with Gasteiger partial charge < -0.3 is 19.3 Å². The molecule has 3 aromatic rings. The van der Waals surface area contributed by atoms with Gasteiger partial charge in [-0.1, -0.05) is 0 Å². The van der Waals surface area contributed by atoms with E-state index >= 15 is 0 Å². The zero-order chi connectivity index (χ0) is 22.9. The monoisotopic (exact) mass is 434 g/mol. The van der Waals surface area contributed by atoms with E-state index in [1.54, 1.807) is 49.6 Å². The van der Waals surface area contributed by atoms with Crippen LogP contribution in [0.3, 0.4) is 0 Å². The first-order valence-electron chi connectivity index (χ1n) is 9.75. The molecule has 3 rings (SSSR count). The van der Waals surface area contributed by atoms with Crippen molar-refractivity contribution < 1.29 is 28.9 Å². The van der Waals surface area contributed by atoms with E-state index in [1.807, 2.05) is 6.92 Å². The summed E-state index contributed by atoms with van der Waals surface area (Å²) in [5.74, 6) is 0.382. The number of nitrogens with one attached hydrogen (secondary N) is 1. The van der Waals surface area contributed by atoms with Crippen LogP contribution in [0.25, 0.3) is 0 Å². The van der Waals surface area contributed by atoms with Gasteiger partial charge >= 0.3 is 5.97 Å². The molecule has 8 heteroatoms. The predicted octanol–water partition coefficient (Wildman–Crippen LogP) is 3.78. The lowest BCUT2D eigenvalue weighted by Crippen LogP contribution is -2.17. The number of nitrogens with zero attached hydrogens (tertiary/aromatic N) is 1. The third-order valence-electron chi connectivity index (χ3n) is 4.31. The number of rotatable bonds is 8. The average molecular weight is 434 g/mol. The smallest absolute Gasteiger partial charge is 0.343 e. The third-order valence-corrected chi connectivity index (χ3v) is 4.31. The van der Waals surface area contributed by atoms with Crippen molar-refractivity contribution in [3.8, 4) is 23.0 Å². The first-order valence-corrected chi connectivity index (χ1v) is 9.75. The molecule has 32 heavy (non-hydrogen) atoms. The molecule has 0 saturated carbocycles. The lowest BCUT2D eigenvalue weighted by Gasteiger charge is -2.11. The number of methoxy groups -OCH3 is 1. The number of phenols is 1. The van der Waals surface area contributed by atoms with E-state index in [-0.39, 0.29) is 11.5 Å². The van der Waals surface area contributed by atoms with Gasteiger partial charge in [0.15, 0.2) is 11.5 Å². The van der Waals surface area contributed by atoms with Crippen molar-refractivity contribution in [1.82, 2.24) is 5.43 Å². The summed E-state index contributed by atoms with van der Waals surface area (Å²) in [6.07, 6.45) is 1.44. The number of carbonyl (C=O) groups excluding carboxylic acids is 2. The van der Waals surface area contributed by atoms with E-state index in [4.69, 9.17) is 14.2 Å². The normalized spacial score (nSPS) is 10.6. The van der Waals surface area contributed by atoms with Crippen LogP contribution < -0.4 is 19.6 Å². The molecule has 0 spiro atoms. The van der Waals surface area contributed by atoms with E-state index in [1.165, 1.54) is 30.5 Å². The van der Waals surface area contributed by atoms with Crippen molar-refractivity contribution in [2.24, 2.45) is 5.10 Å². The fourth-order valence-electron chi connectivity index (χ4n) is 2.69. The number of amides is 1. The highest BCUT2D eigenvalue weighted by Crippen LogP contribution is 2.29. The Morgan fingerprint density at radius 1 is 0.969 bits per heavy atom. The molecule has 0 aliphatic carbocycles. The highest BCUT2D eigenvalue weighted by Gasteiger charge is 2.13. The van der Waals surface area contributed by atoms with Crippen LogP contribution in [0.15, 0.2) is 71.8 Å². The summed E-state index contributed by atoms with van der Waals surface area (Å²) in [6, 6.07) is 17.3. The van der Waals surface area contributed by atoms with Crippen LogP contribution in [0.1, 0.15) is 33.2 Å². The Hall–Kier alpha value is -4.33. The molecule has 8 nitrogen and oxygen atoms in total. The van der Waals surface area contributed by atoms with E-state index in [9.17, 15) is 14.7 Å². The van der Waals surface area contributed by atoms with E-state index in [0.717, 1.165) is 0 Å². The highest BCUT2D eigenvalue weighted by molar-refractivity contribution is 5.95. The number of carbonyl (C=O) groups is 2. The molecule has 2 N–H and O–H groups in total. The molecule has 1 amide bonds. The zero-order valence-corrected chi connectivity index (χ0v) is 17.6. The quantitative estimate of drug-likeness (QED) is 0.242. The second-order valence-corrected chi connectivity index (χ2v) is 6.50. The number of hydrogen-bond donors (Lipinski definition) is 2. The molecule has 0 radical (unpaired) electrons. The molecule has 0 atom stereocenters. The fraction of sp³-hybridized carbons (Fsp3) is 0.125. The summed E-state index contributed by atoms with van der Waals surface area (Å²) < 4.78 is 16.2. The molecular weight excluding hydrogens is 412 g/mol. The Bertz CT molecular complexity index is 1110. The maximum Gasteiger partial charge on any atom is 0.343 e. The summed E-state index contributed by atoms with van der Waals surface area (Å²) in [5, 5.41) is 13.2. The number of hydrogen-bond acceptors (Lipinski definition) is 7. The third kappa shape index (κ3) is 5.85. The van der Waals surface area contributed by atoms with Gasteiger partial charge in [0.25, 0.3) is 5.91 Å². The van der Waals surface area contributed by atoms with E-state index in [2.05, 4.69) is 10.5 Å². The number of esters is 1. The van der Waals surface area contributed by atoms with Gasteiger partial charge in [0.2, 0.25) is 0 Å². The number of phenolic OH excluding ortho intramolecular Hbond substituents is 1. The molecule has 0 aliphatic rings. The Morgan fingerprint density at radius 3 is 2.31 bits per heavy atom. The van der Waals surface area contributed by atoms with Crippen LogP contribution in [0.4, 0.5) is 0 Å². The van der Waals surface area contributed by atoms with Crippen molar-refractivity contribution in [3.63, 3.8) is 0 Å². The lowest BCUT2D eigenvalue weighted by atomic mass is 10.2. The van der Waals surface area contributed by atoms with Gasteiger partial charge in [-0.15, -0.1) is 0 Å². The Morgan fingerprint density at radius 2 is 1.66 bits per heavy atom. The first-order chi connectivity index (χ1) is 15.5. The first kappa shape index (κ1) is 22.4. The van der Waals surface area contributed by atoms with Crippen LogP contribution in [0.5, 0.6) is 23.0 Å². The minimum absolute atomic E-state index is 0.0706. The van der Waals surface area contributed by atoms with Gasteiger partial charge in [0.1, 0.15) is 11.5 Å². The average Bonchev–Trinajstić information content (AvgIpc) is 2.81. The van der Waals surface area contributed by atoms with Crippen molar-refractivity contribution in [1.29, 1.82) is 0 Å². The molecule has 0 aliphatic heterocycles. The zero-order valence-electron chi connectivity index (χ0n) is 17.6. The Balaban J connectivity index is 1.69. The standard InChI is InChI=1S/C24H22N2O6/c1-3-31-22-14-16(15-25-26-23(28)17-5-9-19(27)10-6-17)4-13-21(22)32-24(29)18-7-11-20(30-2)12-8-18/h4-15,27H,3H2,1-2H3,(H,26,28)/b25-15-. The van der Waals surface area contributed by atoms with Gasteiger partial charge in [-0.3, -0.25) is 4.79 Å². The van der Waals surface area contributed by atoms with E-state index in [0.29, 0.717) is 34.8 Å². The van der Waals surface area contributed by atoms with Gasteiger partial charge in [-0.2, -0.15) is 5.10 Å². The summed E-state index contributed by atoms with van der Waals surface area (Å²) in [4.78, 5) is 24.5. The molecule has 3 aromatic carbocycles. The fourth-order valence-corrected chi connectivity index (χ4v) is 2.69. The molecular formula is C24H22N2O6. The van der Waals surface area contributed by atoms with Crippen molar-refractivity contribution in [2.45, 2.75) is 6.92 Å². The molecule has 0 aromatic heterocycles. The van der Waals surface area contributed by atoms with Gasteiger partial charge in [0, 0.05) is 5.56 Å². The molecule has 0 bridgehead atoms. The van der Waals surface area contributed by atoms with Crippen LogP contribution in [-0.2, 0) is 0 Å². The second kappa shape index (κ2) is 10.6. The van der Waals surface area contributed by atoms with Crippen LogP contribution in [0, 0.1) is 0 Å². The minimum atomic E-state index is -0.531. The van der Waals surface area contributed by atoms with Gasteiger partial charge in [-0.25, -0.2) is 10.2 Å². The lowest BCUT2D eigenvalue weighted by molar-refractivity contribution is 0.0728. The maximum absolute atomic E-state index is 12.4. The highest BCUT2D eigenvalue weighted by atomic mass is 16.6.